The molecular formula is C24H25ClN4O4S. The molecule has 2 heterocycles. The van der Waals surface area contributed by atoms with Crippen molar-refractivity contribution in [2.24, 2.45) is 0 Å². The molecule has 1 fully saturated rings. The van der Waals surface area contributed by atoms with Crippen LogP contribution in [0.5, 0.6) is 5.75 Å². The maximum atomic E-state index is 13.3. The average Bonchev–Trinajstić information content (AvgIpc) is 3.25. The molecule has 2 aromatic carbocycles. The van der Waals surface area contributed by atoms with Crippen molar-refractivity contribution < 1.29 is 14.3 Å². The van der Waals surface area contributed by atoms with Gasteiger partial charge in [-0.1, -0.05) is 35.5 Å². The molecule has 10 heteroatoms. The van der Waals surface area contributed by atoms with Gasteiger partial charge in [-0.2, -0.15) is 0 Å². The van der Waals surface area contributed by atoms with E-state index in [4.69, 9.17) is 16.3 Å². The van der Waals surface area contributed by atoms with E-state index in [1.54, 1.807) is 36.4 Å². The second kappa shape index (κ2) is 10.9. The second-order valence-corrected chi connectivity index (χ2v) is 9.20. The zero-order valence-electron chi connectivity index (χ0n) is 18.8. The molecule has 0 bridgehead atoms. The van der Waals surface area contributed by atoms with Crippen molar-refractivity contribution in [3.8, 4) is 11.4 Å². The Morgan fingerprint density at radius 1 is 1.24 bits per heavy atom. The highest BCUT2D eigenvalue weighted by Gasteiger charge is 2.19. The molecule has 0 spiro atoms. The molecule has 4 rings (SSSR count). The number of hydrogen-bond acceptors (Lipinski definition) is 6. The van der Waals surface area contributed by atoms with Crippen molar-refractivity contribution in [3.05, 3.63) is 57.8 Å². The fraction of sp³-hybridized carbons (Fsp3) is 0.333. The lowest BCUT2D eigenvalue weighted by atomic mass is 10.2. The SMILES string of the molecule is COc1ccc(-n2c(SCC(=O)NCCCN3CCCC3=O)nc3ccccc3c2=O)cc1Cl. The number of para-hydroxylation sites is 1. The van der Waals surface area contributed by atoms with E-state index in [-0.39, 0.29) is 23.1 Å². The molecule has 2 amide bonds. The zero-order chi connectivity index (χ0) is 24.1. The summed E-state index contributed by atoms with van der Waals surface area (Å²) in [5, 5.41) is 4.11. The van der Waals surface area contributed by atoms with Crippen molar-refractivity contribution in [1.29, 1.82) is 0 Å². The summed E-state index contributed by atoms with van der Waals surface area (Å²) in [4.78, 5) is 43.9. The molecule has 0 radical (unpaired) electrons. The van der Waals surface area contributed by atoms with E-state index in [1.807, 2.05) is 11.0 Å². The second-order valence-electron chi connectivity index (χ2n) is 7.85. The van der Waals surface area contributed by atoms with E-state index in [2.05, 4.69) is 10.3 Å². The molecule has 34 heavy (non-hydrogen) atoms. The molecule has 0 atom stereocenters. The topological polar surface area (TPSA) is 93.5 Å². The Balaban J connectivity index is 1.49. The summed E-state index contributed by atoms with van der Waals surface area (Å²) in [6.45, 7) is 1.93. The van der Waals surface area contributed by atoms with Gasteiger partial charge in [-0.25, -0.2) is 4.98 Å². The Bertz CT molecular complexity index is 1280. The number of carbonyl (C=O) groups is 2. The molecule has 0 aliphatic carbocycles. The third kappa shape index (κ3) is 5.37. The van der Waals surface area contributed by atoms with Crippen LogP contribution in [0, 0.1) is 0 Å². The smallest absolute Gasteiger partial charge is 0.266 e. The monoisotopic (exact) mass is 500 g/mol. The first kappa shape index (κ1) is 24.1. The molecule has 1 N–H and O–H groups in total. The minimum atomic E-state index is -0.245. The third-order valence-electron chi connectivity index (χ3n) is 5.57. The number of amides is 2. The van der Waals surface area contributed by atoms with Crippen LogP contribution < -0.4 is 15.6 Å². The number of hydrogen-bond donors (Lipinski definition) is 1. The van der Waals surface area contributed by atoms with Crippen LogP contribution in [0.2, 0.25) is 5.02 Å². The standard InChI is InChI=1S/C24H25ClN4O4S/c1-33-20-10-9-16(14-18(20)25)29-23(32)17-6-2-3-7-19(17)27-24(29)34-15-21(30)26-11-5-13-28-12-4-8-22(28)31/h2-3,6-7,9-10,14H,4-5,8,11-13,15H2,1H3,(H,26,30). The largest absolute Gasteiger partial charge is 0.495 e. The number of halogens is 1. The highest BCUT2D eigenvalue weighted by atomic mass is 35.5. The number of benzene rings is 2. The fourth-order valence-corrected chi connectivity index (χ4v) is 4.95. The van der Waals surface area contributed by atoms with Gasteiger partial charge in [0.05, 0.1) is 34.5 Å². The number of nitrogens with zero attached hydrogens (tertiary/aromatic N) is 3. The van der Waals surface area contributed by atoms with E-state index in [1.165, 1.54) is 23.4 Å². The minimum Gasteiger partial charge on any atom is -0.495 e. The molecule has 1 aromatic heterocycles. The number of likely N-dealkylation sites (tertiary alicyclic amines) is 1. The molecular weight excluding hydrogens is 476 g/mol. The fourth-order valence-electron chi connectivity index (χ4n) is 3.85. The number of aromatic nitrogens is 2. The number of fused-ring (bicyclic) bond motifs is 1. The van der Waals surface area contributed by atoms with E-state index in [0.29, 0.717) is 58.5 Å². The van der Waals surface area contributed by atoms with Crippen LogP contribution in [-0.4, -0.2) is 58.8 Å². The Kier molecular flexibility index (Phi) is 7.74. The molecule has 8 nitrogen and oxygen atoms in total. The average molecular weight is 501 g/mol. The molecule has 1 aliphatic rings. The van der Waals surface area contributed by atoms with Gasteiger partial charge in [0.1, 0.15) is 5.75 Å². The Morgan fingerprint density at radius 3 is 2.79 bits per heavy atom. The molecule has 3 aromatic rings. The summed E-state index contributed by atoms with van der Waals surface area (Å²) in [5.41, 5.74) is 0.846. The van der Waals surface area contributed by atoms with Crippen LogP contribution in [0.3, 0.4) is 0 Å². The van der Waals surface area contributed by atoms with Gasteiger partial charge in [-0.3, -0.25) is 19.0 Å². The van der Waals surface area contributed by atoms with Crippen LogP contribution in [0.25, 0.3) is 16.6 Å². The zero-order valence-corrected chi connectivity index (χ0v) is 20.3. The lowest BCUT2D eigenvalue weighted by Crippen LogP contribution is -2.31. The predicted octanol–water partition coefficient (Wildman–Crippen LogP) is 3.27. The Morgan fingerprint density at radius 2 is 2.06 bits per heavy atom. The number of rotatable bonds is 9. The molecule has 0 saturated carbocycles. The van der Waals surface area contributed by atoms with Gasteiger partial charge in [0.15, 0.2) is 5.16 Å². The summed E-state index contributed by atoms with van der Waals surface area (Å²) in [6.07, 6.45) is 2.22. The highest BCUT2D eigenvalue weighted by Crippen LogP contribution is 2.28. The highest BCUT2D eigenvalue weighted by molar-refractivity contribution is 7.99. The third-order valence-corrected chi connectivity index (χ3v) is 6.80. The van der Waals surface area contributed by atoms with Gasteiger partial charge in [-0.15, -0.1) is 0 Å². The molecule has 1 aliphatic heterocycles. The predicted molar refractivity (Wildman–Crippen MR) is 133 cm³/mol. The van der Waals surface area contributed by atoms with E-state index in [9.17, 15) is 14.4 Å². The summed E-state index contributed by atoms with van der Waals surface area (Å²) in [5.74, 6) is 0.605. The van der Waals surface area contributed by atoms with Crippen LogP contribution in [-0.2, 0) is 9.59 Å². The first-order valence-corrected chi connectivity index (χ1v) is 12.4. The van der Waals surface area contributed by atoms with E-state index < -0.39 is 0 Å². The number of methoxy groups -OCH3 is 1. The van der Waals surface area contributed by atoms with Gasteiger partial charge < -0.3 is 15.0 Å². The lowest BCUT2D eigenvalue weighted by Gasteiger charge is -2.15. The van der Waals surface area contributed by atoms with Crippen LogP contribution >= 0.6 is 23.4 Å². The van der Waals surface area contributed by atoms with Crippen molar-refractivity contribution in [2.75, 3.05) is 32.5 Å². The Hall–Kier alpha value is -3.04. The van der Waals surface area contributed by atoms with E-state index in [0.717, 1.165) is 13.0 Å². The lowest BCUT2D eigenvalue weighted by molar-refractivity contribution is -0.127. The maximum absolute atomic E-state index is 13.3. The molecule has 1 saturated heterocycles. The van der Waals surface area contributed by atoms with Crippen molar-refractivity contribution in [3.63, 3.8) is 0 Å². The van der Waals surface area contributed by atoms with Crippen LogP contribution in [0.1, 0.15) is 19.3 Å². The maximum Gasteiger partial charge on any atom is 0.266 e. The first-order valence-electron chi connectivity index (χ1n) is 11.0. The quantitative estimate of drug-likeness (QED) is 0.275. The van der Waals surface area contributed by atoms with Gasteiger partial charge in [0.2, 0.25) is 11.8 Å². The van der Waals surface area contributed by atoms with Gasteiger partial charge in [0, 0.05) is 26.1 Å². The van der Waals surface area contributed by atoms with Crippen LogP contribution in [0.15, 0.2) is 52.4 Å². The van der Waals surface area contributed by atoms with Crippen molar-refractivity contribution in [2.45, 2.75) is 24.4 Å². The number of nitrogens with one attached hydrogen (secondary N) is 1. The van der Waals surface area contributed by atoms with E-state index >= 15 is 0 Å². The van der Waals surface area contributed by atoms with Gasteiger partial charge in [-0.05, 0) is 43.2 Å². The minimum absolute atomic E-state index is 0.0946. The molecule has 178 valence electrons. The number of thioether (sulfide) groups is 1. The summed E-state index contributed by atoms with van der Waals surface area (Å²) < 4.78 is 6.68. The number of carbonyl (C=O) groups excluding carboxylic acids is 2. The van der Waals surface area contributed by atoms with Crippen LogP contribution in [0.4, 0.5) is 0 Å². The summed E-state index contributed by atoms with van der Waals surface area (Å²) in [7, 11) is 1.52. The summed E-state index contributed by atoms with van der Waals surface area (Å²) in [6, 6.07) is 12.1. The van der Waals surface area contributed by atoms with Crippen molar-refractivity contribution in [1.82, 2.24) is 19.8 Å². The van der Waals surface area contributed by atoms with Crippen molar-refractivity contribution >= 4 is 46.1 Å². The first-order chi connectivity index (χ1) is 16.5. The van der Waals surface area contributed by atoms with Gasteiger partial charge in [0.25, 0.3) is 5.56 Å². The van der Waals surface area contributed by atoms with Gasteiger partial charge >= 0.3 is 0 Å². The number of ether oxygens (including phenoxy) is 1. The normalized spacial score (nSPS) is 13.5. The molecule has 0 unspecified atom stereocenters. The Labute approximate surface area is 206 Å². The summed E-state index contributed by atoms with van der Waals surface area (Å²) >= 11 is 7.48.